The summed E-state index contributed by atoms with van der Waals surface area (Å²) in [4.78, 5) is 30.8. The minimum absolute atomic E-state index is 0.0396. The number of rotatable bonds is 9. The van der Waals surface area contributed by atoms with E-state index in [1.807, 2.05) is 0 Å². The molecule has 0 spiro atoms. The number of pyridine rings is 1. The molecule has 1 fully saturated rings. The van der Waals surface area contributed by atoms with E-state index in [1.165, 1.54) is 43.5 Å². The summed E-state index contributed by atoms with van der Waals surface area (Å²) in [5.41, 5.74) is 4.62. The van der Waals surface area contributed by atoms with Crippen LogP contribution in [-0.4, -0.2) is 51.9 Å². The Labute approximate surface area is 250 Å². The van der Waals surface area contributed by atoms with Gasteiger partial charge in [0.05, 0.1) is 19.3 Å². The SMILES string of the molecule is COc1cc(C(=O)NCC(O)(c2cc3c(c(-c4ccc(F)cc4)n2)OC[C@]3(C)C(N)=O)C2CCC2)cc2cn(C(F)F)nc12. The number of fused-ring (bicyclic) bond motifs is 2. The maximum Gasteiger partial charge on any atom is 0.333 e. The predicted octanol–water partition coefficient (Wildman–Crippen LogP) is 4.19. The summed E-state index contributed by atoms with van der Waals surface area (Å²) in [5, 5.41) is 19.2. The highest BCUT2D eigenvalue weighted by molar-refractivity contribution is 6.00. The van der Waals surface area contributed by atoms with Crippen molar-refractivity contribution in [3.63, 3.8) is 0 Å². The molecule has 1 saturated carbocycles. The number of aliphatic hydroxyl groups is 1. The first kappa shape index (κ1) is 29.4. The molecule has 4 N–H and O–H groups in total. The molecule has 3 heterocycles. The molecule has 1 aliphatic heterocycles. The Morgan fingerprint density at radius 3 is 2.59 bits per heavy atom. The van der Waals surface area contributed by atoms with Crippen molar-refractivity contribution in [1.82, 2.24) is 20.1 Å². The molecule has 230 valence electrons. The molecule has 1 unspecified atom stereocenters. The van der Waals surface area contributed by atoms with E-state index in [4.69, 9.17) is 20.2 Å². The van der Waals surface area contributed by atoms with Crippen LogP contribution in [0, 0.1) is 11.7 Å². The lowest BCUT2D eigenvalue weighted by Gasteiger charge is -2.41. The van der Waals surface area contributed by atoms with Crippen LogP contribution in [0.5, 0.6) is 11.5 Å². The Hall–Kier alpha value is -4.65. The van der Waals surface area contributed by atoms with Gasteiger partial charge in [-0.05, 0) is 68.1 Å². The molecule has 0 saturated heterocycles. The monoisotopic (exact) mass is 609 g/mol. The maximum atomic E-state index is 13.8. The normalized spacial score (nSPS) is 19.2. The Morgan fingerprint density at radius 1 is 1.25 bits per heavy atom. The second-order valence-electron chi connectivity index (χ2n) is 11.5. The number of nitrogens with one attached hydrogen (secondary N) is 1. The molecule has 4 aromatic rings. The van der Waals surface area contributed by atoms with Crippen LogP contribution >= 0.6 is 0 Å². The van der Waals surface area contributed by atoms with Crippen LogP contribution in [0.25, 0.3) is 22.2 Å². The van der Waals surface area contributed by atoms with E-state index < -0.39 is 35.2 Å². The predicted molar refractivity (Wildman–Crippen MR) is 153 cm³/mol. The van der Waals surface area contributed by atoms with Crippen LogP contribution in [0.4, 0.5) is 13.2 Å². The van der Waals surface area contributed by atoms with Gasteiger partial charge in [-0.3, -0.25) is 9.59 Å². The molecule has 1 aliphatic carbocycles. The van der Waals surface area contributed by atoms with Gasteiger partial charge in [0.15, 0.2) is 0 Å². The zero-order valence-electron chi connectivity index (χ0n) is 23.9. The van der Waals surface area contributed by atoms with Crippen molar-refractivity contribution in [1.29, 1.82) is 0 Å². The quantitative estimate of drug-likeness (QED) is 0.258. The molecular weight excluding hydrogens is 579 g/mol. The lowest BCUT2D eigenvalue weighted by atomic mass is 9.70. The van der Waals surface area contributed by atoms with Gasteiger partial charge in [-0.1, -0.05) is 6.42 Å². The molecule has 6 rings (SSSR count). The fourth-order valence-corrected chi connectivity index (χ4v) is 5.77. The minimum Gasteiger partial charge on any atom is -0.494 e. The number of nitrogens with two attached hydrogens (primary N) is 1. The van der Waals surface area contributed by atoms with E-state index in [9.17, 15) is 27.9 Å². The first-order valence-corrected chi connectivity index (χ1v) is 14.0. The number of nitrogens with zero attached hydrogens (tertiary/aromatic N) is 3. The second-order valence-corrected chi connectivity index (χ2v) is 11.5. The van der Waals surface area contributed by atoms with Crippen LogP contribution in [0.3, 0.4) is 0 Å². The van der Waals surface area contributed by atoms with Crippen molar-refractivity contribution in [2.24, 2.45) is 11.7 Å². The van der Waals surface area contributed by atoms with Gasteiger partial charge >= 0.3 is 6.55 Å². The molecule has 2 aliphatic rings. The lowest BCUT2D eigenvalue weighted by Crippen LogP contribution is -2.49. The molecule has 13 heteroatoms. The standard InChI is InChI=1S/C31H30F3N5O5/c1-30(28(35)41)15-44-26-21(30)12-23(37-25(26)16-6-8-20(32)9-7-16)31(42,19-4-3-5-19)14-36-27(40)17-10-18-13-39(29(33)34)38-24(18)22(11-17)43-2/h6-13,19,29,42H,3-5,14-15H2,1-2H3,(H2,35,41)(H,36,40)/t30-,31?/m0/s1. The fraction of sp³-hybridized carbons (Fsp3) is 0.355. The third-order valence-electron chi connectivity index (χ3n) is 8.75. The number of hydrogen-bond donors (Lipinski definition) is 3. The topological polar surface area (TPSA) is 142 Å². The van der Waals surface area contributed by atoms with E-state index in [1.54, 1.807) is 13.0 Å². The van der Waals surface area contributed by atoms with Gasteiger partial charge < -0.3 is 25.6 Å². The number of carbonyl (C=O) groups is 2. The van der Waals surface area contributed by atoms with Crippen molar-refractivity contribution in [3.8, 4) is 22.8 Å². The van der Waals surface area contributed by atoms with Crippen molar-refractivity contribution in [2.45, 2.75) is 43.8 Å². The third-order valence-corrected chi connectivity index (χ3v) is 8.75. The highest BCUT2D eigenvalue weighted by atomic mass is 19.3. The highest BCUT2D eigenvalue weighted by Crippen LogP contribution is 2.48. The Balaban J connectivity index is 1.39. The molecule has 2 aromatic heterocycles. The van der Waals surface area contributed by atoms with Gasteiger partial charge in [-0.2, -0.15) is 13.9 Å². The van der Waals surface area contributed by atoms with Gasteiger partial charge in [0.1, 0.15) is 46.1 Å². The molecule has 2 amide bonds. The number of ether oxygens (including phenoxy) is 2. The molecule has 0 bridgehead atoms. The Bertz CT molecular complexity index is 1770. The molecule has 2 aromatic carbocycles. The van der Waals surface area contributed by atoms with Gasteiger partial charge in [0.2, 0.25) is 5.91 Å². The lowest BCUT2D eigenvalue weighted by molar-refractivity contribution is -0.123. The summed E-state index contributed by atoms with van der Waals surface area (Å²) in [6.07, 6.45) is 3.30. The first-order chi connectivity index (χ1) is 20.9. The fourth-order valence-electron chi connectivity index (χ4n) is 5.77. The summed E-state index contributed by atoms with van der Waals surface area (Å²) in [7, 11) is 1.34. The summed E-state index contributed by atoms with van der Waals surface area (Å²) in [5.74, 6) is -1.49. The first-order valence-electron chi connectivity index (χ1n) is 14.0. The molecule has 44 heavy (non-hydrogen) atoms. The largest absolute Gasteiger partial charge is 0.494 e. The van der Waals surface area contributed by atoms with E-state index in [0.717, 1.165) is 12.6 Å². The average Bonchev–Trinajstić information content (AvgIpc) is 3.57. The number of amides is 2. The van der Waals surface area contributed by atoms with Gasteiger partial charge in [0, 0.05) is 28.3 Å². The summed E-state index contributed by atoms with van der Waals surface area (Å²) in [6, 6.07) is 9.98. The smallest absolute Gasteiger partial charge is 0.333 e. The third kappa shape index (κ3) is 4.80. The molecule has 2 atom stereocenters. The second kappa shape index (κ2) is 10.8. The van der Waals surface area contributed by atoms with Crippen LogP contribution in [0.15, 0.2) is 48.7 Å². The summed E-state index contributed by atoms with van der Waals surface area (Å²) < 4.78 is 52.0. The minimum atomic E-state index is -2.87. The van der Waals surface area contributed by atoms with Crippen LogP contribution in [0.1, 0.15) is 54.4 Å². The van der Waals surface area contributed by atoms with Crippen molar-refractivity contribution < 1.29 is 37.3 Å². The van der Waals surface area contributed by atoms with Crippen molar-refractivity contribution in [2.75, 3.05) is 20.3 Å². The van der Waals surface area contributed by atoms with E-state index in [0.29, 0.717) is 40.1 Å². The number of hydrogen-bond acceptors (Lipinski definition) is 7. The van der Waals surface area contributed by atoms with Gasteiger partial charge in [-0.25, -0.2) is 14.1 Å². The average molecular weight is 610 g/mol. The number of aromatic nitrogens is 3. The number of benzene rings is 2. The van der Waals surface area contributed by atoms with Crippen LogP contribution < -0.4 is 20.5 Å². The van der Waals surface area contributed by atoms with Gasteiger partial charge in [-0.15, -0.1) is 0 Å². The van der Waals surface area contributed by atoms with Crippen LogP contribution in [0.2, 0.25) is 0 Å². The van der Waals surface area contributed by atoms with Crippen molar-refractivity contribution in [3.05, 3.63) is 71.3 Å². The number of alkyl halides is 2. The summed E-state index contributed by atoms with van der Waals surface area (Å²) in [6.45, 7) is -1.52. The zero-order valence-corrected chi connectivity index (χ0v) is 23.9. The van der Waals surface area contributed by atoms with Crippen molar-refractivity contribution >= 4 is 22.7 Å². The van der Waals surface area contributed by atoms with E-state index in [2.05, 4.69) is 10.4 Å². The number of primary amides is 1. The highest BCUT2D eigenvalue weighted by Gasteiger charge is 2.48. The van der Waals surface area contributed by atoms with Gasteiger partial charge in [0.25, 0.3) is 5.91 Å². The molecule has 10 nitrogen and oxygen atoms in total. The van der Waals surface area contributed by atoms with E-state index >= 15 is 0 Å². The Kier molecular flexibility index (Phi) is 7.23. The number of methoxy groups -OCH3 is 1. The van der Waals surface area contributed by atoms with E-state index in [-0.39, 0.29) is 47.0 Å². The number of halogens is 3. The maximum absolute atomic E-state index is 13.8. The molecule has 0 radical (unpaired) electrons. The zero-order chi connectivity index (χ0) is 31.4. The summed E-state index contributed by atoms with van der Waals surface area (Å²) >= 11 is 0. The number of carbonyl (C=O) groups excluding carboxylic acids is 2. The molecular formula is C31H30F3N5O5. The Morgan fingerprint density at radius 2 is 1.98 bits per heavy atom. The van der Waals surface area contributed by atoms with Crippen LogP contribution in [-0.2, 0) is 15.8 Å².